The van der Waals surface area contributed by atoms with Gasteiger partial charge in [0.2, 0.25) is 0 Å². The standard InChI is InChI=1S/C15H23N3/c1-16-9-5-10-18(2)11-8-13-12-17-15-7-4-3-6-14(13)15/h3-4,6-7,12,16-17H,5,8-11H2,1-2H3. The van der Waals surface area contributed by atoms with E-state index in [1.54, 1.807) is 0 Å². The molecule has 1 aromatic heterocycles. The molecule has 18 heavy (non-hydrogen) atoms. The Morgan fingerprint density at radius 1 is 1.22 bits per heavy atom. The summed E-state index contributed by atoms with van der Waals surface area (Å²) in [6.45, 7) is 3.37. The number of aromatic amines is 1. The van der Waals surface area contributed by atoms with Gasteiger partial charge in [-0.1, -0.05) is 18.2 Å². The molecule has 0 bridgehead atoms. The smallest absolute Gasteiger partial charge is 0.0456 e. The summed E-state index contributed by atoms with van der Waals surface area (Å²) in [4.78, 5) is 5.74. The zero-order valence-electron chi connectivity index (χ0n) is 11.4. The van der Waals surface area contributed by atoms with Crippen molar-refractivity contribution in [2.24, 2.45) is 0 Å². The van der Waals surface area contributed by atoms with Gasteiger partial charge in [0, 0.05) is 23.6 Å². The van der Waals surface area contributed by atoms with Crippen molar-refractivity contribution in [2.45, 2.75) is 12.8 Å². The van der Waals surface area contributed by atoms with Crippen LogP contribution in [-0.4, -0.2) is 43.6 Å². The van der Waals surface area contributed by atoms with Gasteiger partial charge in [-0.15, -0.1) is 0 Å². The average Bonchev–Trinajstić information content (AvgIpc) is 2.80. The number of H-pyrrole nitrogens is 1. The molecule has 1 heterocycles. The van der Waals surface area contributed by atoms with E-state index >= 15 is 0 Å². The van der Waals surface area contributed by atoms with Gasteiger partial charge in [-0.05, 0) is 51.7 Å². The number of benzene rings is 1. The van der Waals surface area contributed by atoms with Crippen LogP contribution in [0.2, 0.25) is 0 Å². The summed E-state index contributed by atoms with van der Waals surface area (Å²) in [5.41, 5.74) is 2.66. The molecule has 0 radical (unpaired) electrons. The highest BCUT2D eigenvalue weighted by Gasteiger charge is 2.04. The third-order valence-corrected chi connectivity index (χ3v) is 3.40. The van der Waals surface area contributed by atoms with Crippen LogP contribution in [0.15, 0.2) is 30.5 Å². The second-order valence-electron chi connectivity index (χ2n) is 4.87. The Bertz CT molecular complexity index is 475. The summed E-state index contributed by atoms with van der Waals surface area (Å²) in [6, 6.07) is 8.51. The Morgan fingerprint density at radius 2 is 2.06 bits per heavy atom. The minimum absolute atomic E-state index is 1.09. The number of para-hydroxylation sites is 1. The molecule has 0 saturated heterocycles. The molecule has 2 aromatic rings. The zero-order valence-corrected chi connectivity index (χ0v) is 11.4. The highest BCUT2D eigenvalue weighted by atomic mass is 15.1. The molecular formula is C15H23N3. The predicted molar refractivity (Wildman–Crippen MR) is 78.0 cm³/mol. The van der Waals surface area contributed by atoms with E-state index in [-0.39, 0.29) is 0 Å². The number of rotatable bonds is 7. The lowest BCUT2D eigenvalue weighted by Gasteiger charge is -2.15. The lowest BCUT2D eigenvalue weighted by Crippen LogP contribution is -2.24. The molecule has 0 aliphatic carbocycles. The van der Waals surface area contributed by atoms with Gasteiger partial charge >= 0.3 is 0 Å². The van der Waals surface area contributed by atoms with Gasteiger partial charge in [0.05, 0.1) is 0 Å². The van der Waals surface area contributed by atoms with E-state index < -0.39 is 0 Å². The number of nitrogens with zero attached hydrogens (tertiary/aromatic N) is 1. The highest BCUT2D eigenvalue weighted by Crippen LogP contribution is 2.18. The third kappa shape index (κ3) is 3.34. The molecule has 2 rings (SSSR count). The zero-order chi connectivity index (χ0) is 12.8. The van der Waals surface area contributed by atoms with Crippen molar-refractivity contribution in [3.8, 4) is 0 Å². The summed E-state index contributed by atoms with van der Waals surface area (Å²) >= 11 is 0. The molecular weight excluding hydrogens is 222 g/mol. The van der Waals surface area contributed by atoms with Gasteiger partial charge in [-0.25, -0.2) is 0 Å². The van der Waals surface area contributed by atoms with Crippen LogP contribution in [0, 0.1) is 0 Å². The molecule has 0 spiro atoms. The number of fused-ring (bicyclic) bond motifs is 1. The van der Waals surface area contributed by atoms with E-state index in [0.29, 0.717) is 0 Å². The van der Waals surface area contributed by atoms with Crippen molar-refractivity contribution in [1.82, 2.24) is 15.2 Å². The minimum Gasteiger partial charge on any atom is -0.361 e. The quantitative estimate of drug-likeness (QED) is 0.733. The Kier molecular flexibility index (Phi) is 4.79. The first kappa shape index (κ1) is 13.1. The van der Waals surface area contributed by atoms with Gasteiger partial charge in [-0.3, -0.25) is 0 Å². The topological polar surface area (TPSA) is 31.1 Å². The number of hydrogen-bond donors (Lipinski definition) is 2. The second-order valence-corrected chi connectivity index (χ2v) is 4.87. The van der Waals surface area contributed by atoms with Gasteiger partial charge in [-0.2, -0.15) is 0 Å². The van der Waals surface area contributed by atoms with Gasteiger partial charge in [0.15, 0.2) is 0 Å². The molecule has 0 saturated carbocycles. The molecule has 1 aromatic carbocycles. The normalized spacial score (nSPS) is 11.5. The molecule has 2 N–H and O–H groups in total. The number of hydrogen-bond acceptors (Lipinski definition) is 2. The molecule has 3 heteroatoms. The van der Waals surface area contributed by atoms with Crippen LogP contribution in [0.25, 0.3) is 10.9 Å². The predicted octanol–water partition coefficient (Wildman–Crippen LogP) is 2.25. The molecule has 0 fully saturated rings. The van der Waals surface area contributed by atoms with Crippen molar-refractivity contribution >= 4 is 10.9 Å². The summed E-state index contributed by atoms with van der Waals surface area (Å²) in [7, 11) is 4.20. The fourth-order valence-corrected chi connectivity index (χ4v) is 2.29. The molecule has 0 aliphatic heterocycles. The summed E-state index contributed by atoms with van der Waals surface area (Å²) < 4.78 is 0. The van der Waals surface area contributed by atoms with Crippen molar-refractivity contribution in [3.63, 3.8) is 0 Å². The SMILES string of the molecule is CNCCCN(C)CCc1c[nH]c2ccccc12. The Balaban J connectivity index is 1.86. The molecule has 3 nitrogen and oxygen atoms in total. The Labute approximate surface area is 109 Å². The number of aromatic nitrogens is 1. The lowest BCUT2D eigenvalue weighted by molar-refractivity contribution is 0.333. The first-order chi connectivity index (χ1) is 8.81. The average molecular weight is 245 g/mol. The largest absolute Gasteiger partial charge is 0.361 e. The van der Waals surface area contributed by atoms with Crippen LogP contribution in [-0.2, 0) is 6.42 Å². The van der Waals surface area contributed by atoms with Gasteiger partial charge in [0.25, 0.3) is 0 Å². The molecule has 0 unspecified atom stereocenters. The van der Waals surface area contributed by atoms with Crippen LogP contribution < -0.4 is 5.32 Å². The van der Waals surface area contributed by atoms with Crippen molar-refractivity contribution in [1.29, 1.82) is 0 Å². The van der Waals surface area contributed by atoms with Crippen molar-refractivity contribution in [3.05, 3.63) is 36.0 Å². The molecule has 0 amide bonds. The van der Waals surface area contributed by atoms with E-state index in [1.807, 2.05) is 7.05 Å². The fourth-order valence-electron chi connectivity index (χ4n) is 2.29. The second kappa shape index (κ2) is 6.57. The van der Waals surface area contributed by atoms with Crippen LogP contribution in [0.4, 0.5) is 0 Å². The molecule has 98 valence electrons. The summed E-state index contributed by atoms with van der Waals surface area (Å²) in [6.07, 6.45) is 4.47. The number of nitrogens with one attached hydrogen (secondary N) is 2. The van der Waals surface area contributed by atoms with E-state index in [2.05, 4.69) is 52.7 Å². The van der Waals surface area contributed by atoms with Gasteiger partial charge < -0.3 is 15.2 Å². The van der Waals surface area contributed by atoms with E-state index in [9.17, 15) is 0 Å². The fraction of sp³-hybridized carbons (Fsp3) is 0.467. The third-order valence-electron chi connectivity index (χ3n) is 3.40. The Hall–Kier alpha value is -1.32. The van der Waals surface area contributed by atoms with Crippen molar-refractivity contribution < 1.29 is 0 Å². The summed E-state index contributed by atoms with van der Waals surface area (Å²) in [5.74, 6) is 0. The van der Waals surface area contributed by atoms with Gasteiger partial charge in [0.1, 0.15) is 0 Å². The Morgan fingerprint density at radius 3 is 2.89 bits per heavy atom. The van der Waals surface area contributed by atoms with Crippen LogP contribution in [0.3, 0.4) is 0 Å². The monoisotopic (exact) mass is 245 g/mol. The van der Waals surface area contributed by atoms with E-state index in [1.165, 1.54) is 22.9 Å². The first-order valence-electron chi connectivity index (χ1n) is 6.69. The lowest BCUT2D eigenvalue weighted by atomic mass is 10.1. The molecule has 0 atom stereocenters. The summed E-state index contributed by atoms with van der Waals surface area (Å²) in [5, 5.41) is 4.55. The highest BCUT2D eigenvalue weighted by molar-refractivity contribution is 5.83. The maximum Gasteiger partial charge on any atom is 0.0456 e. The van der Waals surface area contributed by atoms with Crippen LogP contribution in [0.5, 0.6) is 0 Å². The maximum absolute atomic E-state index is 3.34. The van der Waals surface area contributed by atoms with E-state index in [4.69, 9.17) is 0 Å². The molecule has 0 aliphatic rings. The van der Waals surface area contributed by atoms with Crippen LogP contribution in [0.1, 0.15) is 12.0 Å². The van der Waals surface area contributed by atoms with Crippen molar-refractivity contribution in [2.75, 3.05) is 33.7 Å². The first-order valence-corrected chi connectivity index (χ1v) is 6.69. The maximum atomic E-state index is 3.34. The van der Waals surface area contributed by atoms with E-state index in [0.717, 1.165) is 26.1 Å². The minimum atomic E-state index is 1.09. The number of likely N-dealkylation sites (N-methyl/N-ethyl adjacent to an activating group) is 1. The van der Waals surface area contributed by atoms with Crippen LogP contribution >= 0.6 is 0 Å².